The van der Waals surface area contributed by atoms with Gasteiger partial charge < -0.3 is 4.74 Å². The first-order chi connectivity index (χ1) is 7.10. The third-order valence-corrected chi connectivity index (χ3v) is 2.15. The molecule has 0 heterocycles. The maximum Gasteiger partial charge on any atom is 0.276 e. The highest BCUT2D eigenvalue weighted by Gasteiger charge is 2.19. The van der Waals surface area contributed by atoms with Crippen molar-refractivity contribution in [3.8, 4) is 6.07 Å². The number of rotatable bonds is 3. The molecular formula is C10H10N2O3. The lowest BCUT2D eigenvalue weighted by molar-refractivity contribution is -0.386. The molecule has 1 rings (SSSR count). The fraction of sp³-hybridized carbons (Fsp3) is 0.300. The van der Waals surface area contributed by atoms with Crippen LogP contribution in [0.5, 0.6) is 0 Å². The molecule has 1 aromatic carbocycles. The molecule has 5 nitrogen and oxygen atoms in total. The lowest BCUT2D eigenvalue weighted by Gasteiger charge is -2.09. The highest BCUT2D eigenvalue weighted by atomic mass is 16.6. The predicted octanol–water partition coefficient (Wildman–Crippen LogP) is 2.17. The van der Waals surface area contributed by atoms with E-state index >= 15 is 0 Å². The first-order valence-corrected chi connectivity index (χ1v) is 4.31. The van der Waals surface area contributed by atoms with Gasteiger partial charge in [-0.2, -0.15) is 5.26 Å². The van der Waals surface area contributed by atoms with Gasteiger partial charge in [0.25, 0.3) is 5.69 Å². The van der Waals surface area contributed by atoms with E-state index in [0.717, 1.165) is 0 Å². The minimum atomic E-state index is -0.508. The Morgan fingerprint density at radius 3 is 2.73 bits per heavy atom. The van der Waals surface area contributed by atoms with E-state index in [4.69, 9.17) is 10.00 Å². The average molecular weight is 206 g/mol. The molecule has 0 aliphatic rings. The number of hydrogen-bond donors (Lipinski definition) is 0. The Kier molecular flexibility index (Phi) is 3.37. The summed E-state index contributed by atoms with van der Waals surface area (Å²) in [6.07, 6.45) is -0.363. The SMILES string of the molecule is COC(C)c1ccc(C#N)cc1[N+](=O)[O-]. The minimum absolute atomic E-state index is 0.0802. The summed E-state index contributed by atoms with van der Waals surface area (Å²) in [5.74, 6) is 0. The molecule has 0 saturated carbocycles. The molecular weight excluding hydrogens is 196 g/mol. The molecule has 0 amide bonds. The van der Waals surface area contributed by atoms with E-state index in [9.17, 15) is 10.1 Å². The van der Waals surface area contributed by atoms with Crippen molar-refractivity contribution in [1.29, 1.82) is 5.26 Å². The molecule has 0 aliphatic heterocycles. The maximum absolute atomic E-state index is 10.8. The molecule has 0 fully saturated rings. The molecule has 0 radical (unpaired) electrons. The van der Waals surface area contributed by atoms with Crippen LogP contribution in [-0.4, -0.2) is 12.0 Å². The zero-order chi connectivity index (χ0) is 11.4. The van der Waals surface area contributed by atoms with E-state index in [1.807, 2.05) is 6.07 Å². The summed E-state index contributed by atoms with van der Waals surface area (Å²) in [5, 5.41) is 19.4. The number of nitrogens with zero attached hydrogens (tertiary/aromatic N) is 2. The van der Waals surface area contributed by atoms with Gasteiger partial charge in [0.1, 0.15) is 0 Å². The Hall–Kier alpha value is -1.93. The number of benzene rings is 1. The number of nitriles is 1. The van der Waals surface area contributed by atoms with Gasteiger partial charge >= 0.3 is 0 Å². The first kappa shape index (κ1) is 11.1. The van der Waals surface area contributed by atoms with Crippen LogP contribution >= 0.6 is 0 Å². The molecule has 0 aromatic heterocycles. The molecule has 1 unspecified atom stereocenters. The van der Waals surface area contributed by atoms with Crippen LogP contribution in [0.1, 0.15) is 24.2 Å². The quantitative estimate of drug-likeness (QED) is 0.561. The molecule has 0 spiro atoms. The van der Waals surface area contributed by atoms with Gasteiger partial charge in [-0.1, -0.05) is 0 Å². The minimum Gasteiger partial charge on any atom is -0.377 e. The van der Waals surface area contributed by atoms with Crippen molar-refractivity contribution < 1.29 is 9.66 Å². The summed E-state index contributed by atoms with van der Waals surface area (Å²) in [5.41, 5.74) is 0.665. The van der Waals surface area contributed by atoms with Crippen LogP contribution < -0.4 is 0 Å². The third kappa shape index (κ3) is 2.30. The van der Waals surface area contributed by atoms with Crippen LogP contribution in [0.3, 0.4) is 0 Å². The molecule has 5 heteroatoms. The van der Waals surface area contributed by atoms with Crippen molar-refractivity contribution in [2.24, 2.45) is 0 Å². The van der Waals surface area contributed by atoms with Crippen LogP contribution in [0.2, 0.25) is 0 Å². The zero-order valence-electron chi connectivity index (χ0n) is 8.43. The van der Waals surface area contributed by atoms with E-state index in [0.29, 0.717) is 5.56 Å². The van der Waals surface area contributed by atoms with Gasteiger partial charge in [0.15, 0.2) is 0 Å². The molecule has 0 saturated heterocycles. The number of nitro groups is 1. The van der Waals surface area contributed by atoms with Crippen molar-refractivity contribution in [2.45, 2.75) is 13.0 Å². The Labute approximate surface area is 87.1 Å². The summed E-state index contributed by atoms with van der Waals surface area (Å²) in [4.78, 5) is 10.2. The molecule has 0 bridgehead atoms. The number of methoxy groups -OCH3 is 1. The largest absolute Gasteiger partial charge is 0.377 e. The average Bonchev–Trinajstić information content (AvgIpc) is 2.27. The fourth-order valence-electron chi connectivity index (χ4n) is 1.24. The zero-order valence-corrected chi connectivity index (χ0v) is 8.43. The van der Waals surface area contributed by atoms with Gasteiger partial charge in [-0.3, -0.25) is 10.1 Å². The Morgan fingerprint density at radius 2 is 2.27 bits per heavy atom. The van der Waals surface area contributed by atoms with Gasteiger partial charge in [0.05, 0.1) is 28.2 Å². The molecule has 1 atom stereocenters. The summed E-state index contributed by atoms with van der Waals surface area (Å²) in [6, 6.07) is 6.20. The maximum atomic E-state index is 10.8. The monoisotopic (exact) mass is 206 g/mol. The second-order valence-corrected chi connectivity index (χ2v) is 3.02. The van der Waals surface area contributed by atoms with Crippen LogP contribution in [0.4, 0.5) is 5.69 Å². The normalized spacial score (nSPS) is 11.8. The van der Waals surface area contributed by atoms with Gasteiger partial charge in [0.2, 0.25) is 0 Å². The van der Waals surface area contributed by atoms with E-state index in [-0.39, 0.29) is 17.4 Å². The van der Waals surface area contributed by atoms with E-state index in [2.05, 4.69) is 0 Å². The molecule has 0 aliphatic carbocycles. The van der Waals surface area contributed by atoms with Crippen LogP contribution in [0, 0.1) is 21.4 Å². The summed E-state index contributed by atoms with van der Waals surface area (Å²) >= 11 is 0. The Bertz CT molecular complexity index is 423. The topological polar surface area (TPSA) is 76.2 Å². The number of nitro benzene ring substituents is 1. The summed E-state index contributed by atoms with van der Waals surface area (Å²) in [7, 11) is 1.48. The van der Waals surface area contributed by atoms with Gasteiger partial charge in [-0.05, 0) is 19.1 Å². The third-order valence-electron chi connectivity index (χ3n) is 2.15. The number of ether oxygens (including phenoxy) is 1. The molecule has 15 heavy (non-hydrogen) atoms. The van der Waals surface area contributed by atoms with E-state index in [1.165, 1.54) is 19.2 Å². The van der Waals surface area contributed by atoms with Gasteiger partial charge in [-0.25, -0.2) is 0 Å². The van der Waals surface area contributed by atoms with Crippen molar-refractivity contribution >= 4 is 5.69 Å². The molecule has 0 N–H and O–H groups in total. The lowest BCUT2D eigenvalue weighted by Crippen LogP contribution is -2.01. The second kappa shape index (κ2) is 4.53. The van der Waals surface area contributed by atoms with Crippen molar-refractivity contribution in [3.05, 3.63) is 39.4 Å². The summed E-state index contributed by atoms with van der Waals surface area (Å²) < 4.78 is 5.01. The second-order valence-electron chi connectivity index (χ2n) is 3.02. The fourth-order valence-corrected chi connectivity index (χ4v) is 1.24. The summed E-state index contributed by atoms with van der Waals surface area (Å²) in [6.45, 7) is 1.72. The Morgan fingerprint density at radius 1 is 1.60 bits per heavy atom. The van der Waals surface area contributed by atoms with Crippen LogP contribution in [-0.2, 0) is 4.74 Å². The Balaban J connectivity index is 3.28. The highest BCUT2D eigenvalue weighted by molar-refractivity contribution is 5.48. The van der Waals surface area contributed by atoms with Crippen LogP contribution in [0.25, 0.3) is 0 Å². The predicted molar refractivity (Wildman–Crippen MR) is 53.2 cm³/mol. The first-order valence-electron chi connectivity index (χ1n) is 4.31. The molecule has 78 valence electrons. The van der Waals surface area contributed by atoms with Crippen molar-refractivity contribution in [2.75, 3.05) is 7.11 Å². The molecule has 1 aromatic rings. The van der Waals surface area contributed by atoms with E-state index in [1.54, 1.807) is 13.0 Å². The van der Waals surface area contributed by atoms with Gasteiger partial charge in [0, 0.05) is 13.2 Å². The standard InChI is InChI=1S/C10H10N2O3/c1-7(15-2)9-4-3-8(6-11)5-10(9)12(13)14/h3-5,7H,1-2H3. The van der Waals surface area contributed by atoms with Crippen molar-refractivity contribution in [1.82, 2.24) is 0 Å². The smallest absolute Gasteiger partial charge is 0.276 e. The van der Waals surface area contributed by atoms with Gasteiger partial charge in [-0.15, -0.1) is 0 Å². The van der Waals surface area contributed by atoms with E-state index < -0.39 is 4.92 Å². The number of hydrogen-bond acceptors (Lipinski definition) is 4. The lowest BCUT2D eigenvalue weighted by atomic mass is 10.1. The van der Waals surface area contributed by atoms with Crippen molar-refractivity contribution in [3.63, 3.8) is 0 Å². The highest BCUT2D eigenvalue weighted by Crippen LogP contribution is 2.27. The van der Waals surface area contributed by atoms with Crippen LogP contribution in [0.15, 0.2) is 18.2 Å².